The van der Waals surface area contributed by atoms with Crippen molar-refractivity contribution in [2.45, 2.75) is 0 Å². The van der Waals surface area contributed by atoms with Gasteiger partial charge in [-0.1, -0.05) is 91.0 Å². The molecular weight excluding hydrogens is 985 g/mol. The van der Waals surface area contributed by atoms with Crippen LogP contribution in [-0.4, -0.2) is 14.1 Å². The number of fused-ring (bicyclic) bond motifs is 6. The first-order valence-corrected chi connectivity index (χ1v) is 24.6. The summed E-state index contributed by atoms with van der Waals surface area (Å²) in [6.07, 6.45) is 3.39. The first-order chi connectivity index (χ1) is 39.2. The van der Waals surface area contributed by atoms with Crippen molar-refractivity contribution in [3.8, 4) is 97.4 Å². The van der Waals surface area contributed by atoms with E-state index in [1.54, 1.807) is 85.2 Å². The van der Waals surface area contributed by atoms with Crippen molar-refractivity contribution in [1.29, 1.82) is 26.3 Å². The zero-order valence-corrected chi connectivity index (χ0v) is 41.7. The molecule has 0 aliphatic rings. The van der Waals surface area contributed by atoms with Crippen LogP contribution in [0.1, 0.15) is 27.8 Å². The van der Waals surface area contributed by atoms with Gasteiger partial charge in [-0.15, -0.1) is 0 Å². The summed E-state index contributed by atoms with van der Waals surface area (Å²) in [4.78, 5) is 19.1. The molecule has 0 spiro atoms. The maximum Gasteiger partial charge on any atom is 0.196 e. The molecule has 12 nitrogen and oxygen atoms in total. The molecular formula is C68H30N12. The van der Waals surface area contributed by atoms with E-state index in [1.165, 1.54) is 0 Å². The third-order valence-electron chi connectivity index (χ3n) is 14.5. The summed E-state index contributed by atoms with van der Waals surface area (Å²) in [6, 6.07) is 62.8. The molecule has 12 rings (SSSR count). The SMILES string of the molecule is [C-]#[N+]c1ccc(-c2ccc3c4ccc(-c5ccc(C#N)cc5C#N)cc4n(-c4cc(-c5ccncc5)cc(-n5c6cc(-c7ccc(C#N)cc7[N+]#[C-])ccc6c6ccc(-c7ccc([N+]#[C-])cc7[N+]#[C-])cc65)c4C#N)c3c2)c(C#N)c1. The fourth-order valence-corrected chi connectivity index (χ4v) is 10.8. The predicted octanol–water partition coefficient (Wildman–Crippen LogP) is 17.2. The first-order valence-electron chi connectivity index (χ1n) is 24.6. The number of nitrogens with zero attached hydrogens (tertiary/aromatic N) is 12. The maximum absolute atomic E-state index is 12.0. The molecule has 80 heavy (non-hydrogen) atoms. The Bertz CT molecular complexity index is 4570. The van der Waals surface area contributed by atoms with Crippen molar-refractivity contribution in [2.24, 2.45) is 0 Å². The molecule has 0 atom stereocenters. The fraction of sp³-hybridized carbons (Fsp3) is 0. The van der Waals surface area contributed by atoms with Crippen LogP contribution in [0.4, 0.5) is 22.7 Å². The molecule has 0 fully saturated rings. The Balaban J connectivity index is 1.24. The van der Waals surface area contributed by atoms with E-state index in [-0.39, 0.29) is 5.56 Å². The Labute approximate surface area is 457 Å². The Hall–Kier alpha value is -12.9. The molecule has 3 aromatic heterocycles. The molecule has 0 radical (unpaired) electrons. The number of aromatic nitrogens is 3. The van der Waals surface area contributed by atoms with Gasteiger partial charge in [0.25, 0.3) is 0 Å². The number of nitriles is 5. The van der Waals surface area contributed by atoms with Gasteiger partial charge in [-0.25, -0.2) is 19.4 Å². The zero-order chi connectivity index (χ0) is 55.2. The smallest absolute Gasteiger partial charge is 0.196 e. The molecule has 12 heteroatoms. The number of pyridine rings is 1. The largest absolute Gasteiger partial charge is 0.308 e. The van der Waals surface area contributed by atoms with Crippen molar-refractivity contribution in [2.75, 3.05) is 0 Å². The van der Waals surface area contributed by atoms with E-state index < -0.39 is 0 Å². The molecule has 0 N–H and O–H groups in total. The van der Waals surface area contributed by atoms with Crippen molar-refractivity contribution in [3.63, 3.8) is 0 Å². The van der Waals surface area contributed by atoms with Gasteiger partial charge in [0.05, 0.1) is 95.1 Å². The van der Waals surface area contributed by atoms with Crippen LogP contribution in [0.15, 0.2) is 182 Å². The topological polar surface area (TPSA) is 159 Å². The molecule has 3 heterocycles. The van der Waals surface area contributed by atoms with Gasteiger partial charge in [0.2, 0.25) is 0 Å². The Morgan fingerprint density at radius 1 is 0.338 bits per heavy atom. The van der Waals surface area contributed by atoms with E-state index in [4.69, 9.17) is 26.3 Å². The molecule has 0 bridgehead atoms. The minimum atomic E-state index is 0.255. The van der Waals surface area contributed by atoms with E-state index in [0.29, 0.717) is 129 Å². The number of rotatable bonds is 7. The highest BCUT2D eigenvalue weighted by Gasteiger charge is 2.25. The van der Waals surface area contributed by atoms with E-state index in [9.17, 15) is 26.3 Å². The quantitative estimate of drug-likeness (QED) is 0.145. The van der Waals surface area contributed by atoms with Crippen LogP contribution >= 0.6 is 0 Å². The van der Waals surface area contributed by atoms with Crippen LogP contribution in [0.3, 0.4) is 0 Å². The summed E-state index contributed by atoms with van der Waals surface area (Å²) >= 11 is 0. The third kappa shape index (κ3) is 7.82. The van der Waals surface area contributed by atoms with Gasteiger partial charge < -0.3 is 9.13 Å². The van der Waals surface area contributed by atoms with Gasteiger partial charge in [0.1, 0.15) is 11.6 Å². The summed E-state index contributed by atoms with van der Waals surface area (Å²) in [5, 5.41) is 55.7. The third-order valence-corrected chi connectivity index (χ3v) is 14.5. The van der Waals surface area contributed by atoms with E-state index in [2.05, 4.69) is 54.7 Å². The van der Waals surface area contributed by atoms with E-state index in [0.717, 1.165) is 27.1 Å². The molecule has 0 saturated heterocycles. The van der Waals surface area contributed by atoms with Crippen LogP contribution in [0.25, 0.3) is 130 Å². The number of hydrogen-bond donors (Lipinski definition) is 0. The Morgan fingerprint density at radius 3 is 1.20 bits per heavy atom. The molecule has 0 aliphatic heterocycles. The van der Waals surface area contributed by atoms with Gasteiger partial charge in [0, 0.05) is 45.1 Å². The van der Waals surface area contributed by atoms with Crippen molar-refractivity contribution >= 4 is 66.4 Å². The minimum absolute atomic E-state index is 0.255. The highest BCUT2D eigenvalue weighted by atomic mass is 15.0. The standard InChI is InChI=1S/C68H30N12/c1-74-50-11-19-53(49(27-50)38-72)44-8-16-57-56-15-7-43(52-13-5-40(35-69)25-48(52)37-71)28-63(56)79(64(57)29-44)67-32-47(42-21-23-78-24-22-42)33-68(60(67)39-73)80-65-30-45(54-14-6-41(36-70)26-61(54)76-3)9-17-58(65)59-18-10-46(31-66(59)80)55-20-12-51(75-2)34-62(55)77-4/h5-34H. The summed E-state index contributed by atoms with van der Waals surface area (Å²) in [5.41, 5.74) is 13.1. The van der Waals surface area contributed by atoms with Crippen LogP contribution < -0.4 is 0 Å². The fourth-order valence-electron chi connectivity index (χ4n) is 10.8. The van der Waals surface area contributed by atoms with Gasteiger partial charge in [0.15, 0.2) is 22.7 Å². The maximum atomic E-state index is 12.0. The van der Waals surface area contributed by atoms with Crippen LogP contribution in [-0.2, 0) is 0 Å². The molecule has 0 unspecified atom stereocenters. The van der Waals surface area contributed by atoms with Crippen molar-refractivity contribution < 1.29 is 0 Å². The predicted molar refractivity (Wildman–Crippen MR) is 309 cm³/mol. The zero-order valence-electron chi connectivity index (χ0n) is 41.7. The monoisotopic (exact) mass is 1010 g/mol. The second-order valence-corrected chi connectivity index (χ2v) is 18.7. The summed E-state index contributed by atoms with van der Waals surface area (Å²) < 4.78 is 4.07. The minimum Gasteiger partial charge on any atom is -0.308 e. The normalized spacial score (nSPS) is 10.6. The van der Waals surface area contributed by atoms with Gasteiger partial charge in [-0.3, -0.25) is 4.98 Å². The van der Waals surface area contributed by atoms with Crippen LogP contribution in [0.5, 0.6) is 0 Å². The Kier molecular flexibility index (Phi) is 11.7. The highest BCUT2D eigenvalue weighted by molar-refractivity contribution is 6.14. The first kappa shape index (κ1) is 48.1. The van der Waals surface area contributed by atoms with Crippen molar-refractivity contribution in [1.82, 2.24) is 14.1 Å². The molecule has 362 valence electrons. The summed E-state index contributed by atoms with van der Waals surface area (Å²) in [6.45, 7) is 31.6. The van der Waals surface area contributed by atoms with Gasteiger partial charge in [-0.05, 0) is 134 Å². The number of benzene rings is 9. The average Bonchev–Trinajstić information content (AvgIpc) is 4.12. The van der Waals surface area contributed by atoms with Gasteiger partial charge in [-0.2, -0.15) is 26.3 Å². The van der Waals surface area contributed by atoms with E-state index >= 15 is 0 Å². The molecule has 0 amide bonds. The van der Waals surface area contributed by atoms with E-state index in [1.807, 2.05) is 106 Å². The summed E-state index contributed by atoms with van der Waals surface area (Å²) in [7, 11) is 0. The number of hydrogen-bond acceptors (Lipinski definition) is 6. The van der Waals surface area contributed by atoms with Crippen molar-refractivity contribution in [3.05, 3.63) is 256 Å². The van der Waals surface area contributed by atoms with Gasteiger partial charge >= 0.3 is 0 Å². The van der Waals surface area contributed by atoms with Crippen LogP contribution in [0, 0.1) is 82.9 Å². The molecule has 0 saturated carbocycles. The van der Waals surface area contributed by atoms with Crippen LogP contribution in [0.2, 0.25) is 0 Å². The second kappa shape index (κ2) is 19.4. The average molecular weight is 1020 g/mol. The molecule has 12 aromatic rings. The molecule has 9 aromatic carbocycles. The second-order valence-electron chi connectivity index (χ2n) is 18.7. The summed E-state index contributed by atoms with van der Waals surface area (Å²) in [5.74, 6) is 0. The lowest BCUT2D eigenvalue weighted by Crippen LogP contribution is -2.05. The lowest BCUT2D eigenvalue weighted by atomic mass is 9.96. The lowest BCUT2D eigenvalue weighted by Gasteiger charge is -2.19. The lowest BCUT2D eigenvalue weighted by molar-refractivity contribution is 1.12. The molecule has 0 aliphatic carbocycles. The highest BCUT2D eigenvalue weighted by Crippen LogP contribution is 2.45. The Morgan fingerprint density at radius 2 is 0.750 bits per heavy atom.